The van der Waals surface area contributed by atoms with Crippen LogP contribution in [0.5, 0.6) is 0 Å². The Morgan fingerprint density at radius 2 is 2.27 bits per heavy atom. The molecule has 0 aromatic carbocycles. The lowest BCUT2D eigenvalue weighted by atomic mass is 10.4. The van der Waals surface area contributed by atoms with E-state index in [0.29, 0.717) is 10.5 Å². The number of hydrogen-bond acceptors (Lipinski definition) is 1. The largest absolute Gasteiger partial charge is 0.236 e. The monoisotopic (exact) mass is 170 g/mol. The van der Waals surface area contributed by atoms with Crippen LogP contribution in [0.1, 0.15) is 0 Å². The van der Waals surface area contributed by atoms with Gasteiger partial charge in [0, 0.05) is 6.20 Å². The Bertz CT molecular complexity index is 396. The number of pyridine rings is 1. The third kappa shape index (κ3) is 0.973. The van der Waals surface area contributed by atoms with Crippen molar-refractivity contribution in [3.63, 3.8) is 0 Å². The molecule has 0 aliphatic carbocycles. The van der Waals surface area contributed by atoms with E-state index in [9.17, 15) is 4.39 Å². The van der Waals surface area contributed by atoms with Gasteiger partial charge in [-0.1, -0.05) is 11.6 Å². The fourth-order valence-electron chi connectivity index (χ4n) is 0.928. The predicted molar refractivity (Wildman–Crippen MR) is 40.2 cm³/mol. The first-order valence-corrected chi connectivity index (χ1v) is 3.43. The molecule has 2 heterocycles. The van der Waals surface area contributed by atoms with Gasteiger partial charge in [-0.2, -0.15) is 5.10 Å². The highest BCUT2D eigenvalue weighted by Crippen LogP contribution is 2.12. The number of fused-ring (bicyclic) bond motifs is 1. The Hall–Kier alpha value is -1.09. The quantitative estimate of drug-likeness (QED) is 0.592. The Balaban J connectivity index is 2.86. The van der Waals surface area contributed by atoms with Crippen LogP contribution in [0.2, 0.25) is 5.02 Å². The lowest BCUT2D eigenvalue weighted by Crippen LogP contribution is -1.84. The van der Waals surface area contributed by atoms with Crippen molar-refractivity contribution in [3.05, 3.63) is 35.4 Å². The Morgan fingerprint density at radius 3 is 3.09 bits per heavy atom. The highest BCUT2D eigenvalue weighted by atomic mass is 35.5. The molecule has 0 bridgehead atoms. The molecule has 0 aliphatic heterocycles. The molecule has 2 aromatic rings. The molecule has 0 N–H and O–H groups in total. The van der Waals surface area contributed by atoms with E-state index in [4.69, 9.17) is 11.6 Å². The molecule has 0 atom stereocenters. The molecule has 4 heteroatoms. The van der Waals surface area contributed by atoms with Crippen molar-refractivity contribution in [3.8, 4) is 0 Å². The predicted octanol–water partition coefficient (Wildman–Crippen LogP) is 2.13. The molecule has 0 spiro atoms. The van der Waals surface area contributed by atoms with E-state index in [1.807, 2.05) is 0 Å². The number of rotatable bonds is 0. The van der Waals surface area contributed by atoms with Gasteiger partial charge in [-0.05, 0) is 12.1 Å². The van der Waals surface area contributed by atoms with Gasteiger partial charge in [0.2, 0.25) is 0 Å². The zero-order valence-corrected chi connectivity index (χ0v) is 6.22. The molecule has 0 saturated carbocycles. The summed E-state index contributed by atoms with van der Waals surface area (Å²) >= 11 is 5.64. The van der Waals surface area contributed by atoms with Gasteiger partial charge in [0.1, 0.15) is 5.52 Å². The van der Waals surface area contributed by atoms with E-state index >= 15 is 0 Å². The summed E-state index contributed by atoms with van der Waals surface area (Å²) < 4.78 is 14.2. The number of hydrogen-bond donors (Lipinski definition) is 0. The van der Waals surface area contributed by atoms with Crippen LogP contribution < -0.4 is 0 Å². The van der Waals surface area contributed by atoms with Crippen LogP contribution >= 0.6 is 11.6 Å². The van der Waals surface area contributed by atoms with Crippen molar-refractivity contribution in [2.45, 2.75) is 0 Å². The van der Waals surface area contributed by atoms with Crippen LogP contribution in [0.3, 0.4) is 0 Å². The van der Waals surface area contributed by atoms with Crippen molar-refractivity contribution in [1.29, 1.82) is 0 Å². The molecule has 0 amide bonds. The topological polar surface area (TPSA) is 17.3 Å². The molecule has 2 nitrogen and oxygen atoms in total. The first-order chi connectivity index (χ1) is 5.27. The summed E-state index contributed by atoms with van der Waals surface area (Å²) in [4.78, 5) is 0. The highest BCUT2D eigenvalue weighted by Gasteiger charge is 2.01. The third-order valence-electron chi connectivity index (χ3n) is 1.43. The highest BCUT2D eigenvalue weighted by molar-refractivity contribution is 6.30. The van der Waals surface area contributed by atoms with Crippen LogP contribution in [0.25, 0.3) is 5.52 Å². The Morgan fingerprint density at radius 1 is 1.45 bits per heavy atom. The summed E-state index contributed by atoms with van der Waals surface area (Å²) in [6, 6.07) is 3.21. The molecule has 0 fully saturated rings. The average molecular weight is 171 g/mol. The van der Waals surface area contributed by atoms with Crippen molar-refractivity contribution in [1.82, 2.24) is 9.61 Å². The second-order valence-electron chi connectivity index (χ2n) is 2.17. The van der Waals surface area contributed by atoms with Gasteiger partial charge >= 0.3 is 0 Å². The van der Waals surface area contributed by atoms with Gasteiger partial charge < -0.3 is 0 Å². The Kier molecular flexibility index (Phi) is 1.32. The van der Waals surface area contributed by atoms with E-state index < -0.39 is 0 Å². The van der Waals surface area contributed by atoms with Gasteiger partial charge in [-0.3, -0.25) is 0 Å². The number of halogens is 2. The smallest absolute Gasteiger partial charge is 0.168 e. The summed E-state index contributed by atoms with van der Waals surface area (Å²) in [6.45, 7) is 0. The molecule has 0 saturated heterocycles. The second-order valence-corrected chi connectivity index (χ2v) is 2.61. The fourth-order valence-corrected chi connectivity index (χ4v) is 1.08. The van der Waals surface area contributed by atoms with E-state index in [2.05, 4.69) is 5.10 Å². The van der Waals surface area contributed by atoms with Crippen molar-refractivity contribution in [2.75, 3.05) is 0 Å². The number of aromatic nitrogens is 2. The van der Waals surface area contributed by atoms with E-state index in [1.165, 1.54) is 4.52 Å². The van der Waals surface area contributed by atoms with Crippen LogP contribution in [0, 0.1) is 5.82 Å². The molecule has 0 aliphatic rings. The minimum Gasteiger partial charge on any atom is -0.236 e. The zero-order valence-electron chi connectivity index (χ0n) is 5.46. The lowest BCUT2D eigenvalue weighted by Gasteiger charge is -1.91. The summed E-state index contributed by atoms with van der Waals surface area (Å²) in [7, 11) is 0. The molecule has 0 unspecified atom stereocenters. The fraction of sp³-hybridized carbons (Fsp3) is 0. The Labute approximate surface area is 67.2 Å². The third-order valence-corrected chi connectivity index (χ3v) is 1.66. The first kappa shape index (κ1) is 6.61. The maximum Gasteiger partial charge on any atom is 0.168 e. The minimum atomic E-state index is -0.332. The standard InChI is InChI=1S/C7H4ClFN2/c8-5-1-2-7-6(9)3-10-11(7)4-5/h1-4H. The van der Waals surface area contributed by atoms with E-state index in [0.717, 1.165) is 6.20 Å². The SMILES string of the molecule is Fc1cnn2cc(Cl)ccc12. The molecular weight excluding hydrogens is 167 g/mol. The lowest BCUT2D eigenvalue weighted by molar-refractivity contribution is 0.639. The van der Waals surface area contributed by atoms with Gasteiger partial charge in [0.05, 0.1) is 11.2 Å². The molecule has 2 aromatic heterocycles. The van der Waals surface area contributed by atoms with Gasteiger partial charge in [0.25, 0.3) is 0 Å². The first-order valence-electron chi connectivity index (χ1n) is 3.06. The van der Waals surface area contributed by atoms with E-state index in [-0.39, 0.29) is 5.82 Å². The van der Waals surface area contributed by atoms with Gasteiger partial charge in [0.15, 0.2) is 5.82 Å². The summed E-state index contributed by atoms with van der Waals surface area (Å²) in [5, 5.41) is 4.28. The maximum atomic E-state index is 12.8. The second kappa shape index (κ2) is 2.20. The summed E-state index contributed by atoms with van der Waals surface area (Å²) in [5.74, 6) is -0.332. The van der Waals surface area contributed by atoms with Crippen molar-refractivity contribution in [2.24, 2.45) is 0 Å². The minimum absolute atomic E-state index is 0.332. The number of nitrogens with zero attached hydrogens (tertiary/aromatic N) is 2. The van der Waals surface area contributed by atoms with Crippen LogP contribution in [0.4, 0.5) is 4.39 Å². The summed E-state index contributed by atoms with van der Waals surface area (Å²) in [5.41, 5.74) is 0.439. The molecule has 56 valence electrons. The van der Waals surface area contributed by atoms with Crippen LogP contribution in [-0.4, -0.2) is 9.61 Å². The molecule has 2 rings (SSSR count). The van der Waals surface area contributed by atoms with Crippen LogP contribution in [0.15, 0.2) is 24.5 Å². The molecular formula is C7H4ClFN2. The van der Waals surface area contributed by atoms with Gasteiger partial charge in [-0.15, -0.1) is 0 Å². The molecule has 0 radical (unpaired) electrons. The van der Waals surface area contributed by atoms with Gasteiger partial charge in [-0.25, -0.2) is 8.91 Å². The summed E-state index contributed by atoms with van der Waals surface area (Å²) in [6.07, 6.45) is 2.71. The normalized spacial score (nSPS) is 10.7. The molecule has 11 heavy (non-hydrogen) atoms. The van der Waals surface area contributed by atoms with Crippen LogP contribution in [-0.2, 0) is 0 Å². The van der Waals surface area contributed by atoms with Crippen molar-refractivity contribution >= 4 is 17.1 Å². The maximum absolute atomic E-state index is 12.8. The average Bonchev–Trinajstić information content (AvgIpc) is 2.32. The van der Waals surface area contributed by atoms with Crippen molar-refractivity contribution < 1.29 is 4.39 Å². The zero-order chi connectivity index (χ0) is 7.84. The van der Waals surface area contributed by atoms with E-state index in [1.54, 1.807) is 18.3 Å².